The molecule has 7 heteroatoms. The van der Waals surface area contributed by atoms with Crippen LogP contribution in [0.3, 0.4) is 0 Å². The molecular formula is C23H25N3O4. The number of hydrogen-bond donors (Lipinski definition) is 1. The predicted octanol–water partition coefficient (Wildman–Crippen LogP) is 2.59. The Bertz CT molecular complexity index is 912. The summed E-state index contributed by atoms with van der Waals surface area (Å²) < 4.78 is 11.4. The molecule has 5 rings (SSSR count). The SMILES string of the molecule is O=C1COC2CCN(C(=O)N3CC(c4ccc(Oc5ccccc5)cc4)C3)CC2N1. The average molecular weight is 407 g/mol. The van der Waals surface area contributed by atoms with Crippen LogP contribution in [-0.2, 0) is 9.53 Å². The number of morpholine rings is 1. The molecule has 30 heavy (non-hydrogen) atoms. The number of nitrogens with zero attached hydrogens (tertiary/aromatic N) is 2. The standard InChI is InChI=1S/C23H25N3O4/c27-22-15-29-21-10-11-25(14-20(21)24-22)23(28)26-12-17(13-26)16-6-8-19(9-7-16)30-18-4-2-1-3-5-18/h1-9,17,20-21H,10-15H2,(H,24,27). The molecule has 3 saturated heterocycles. The molecule has 7 nitrogen and oxygen atoms in total. The third-order valence-corrected chi connectivity index (χ3v) is 6.08. The minimum atomic E-state index is -0.103. The number of para-hydroxylation sites is 1. The largest absolute Gasteiger partial charge is 0.457 e. The predicted molar refractivity (Wildman–Crippen MR) is 111 cm³/mol. The van der Waals surface area contributed by atoms with E-state index in [1.807, 2.05) is 52.3 Å². The summed E-state index contributed by atoms with van der Waals surface area (Å²) in [6.07, 6.45) is 0.782. The van der Waals surface area contributed by atoms with Crippen LogP contribution < -0.4 is 10.1 Å². The Hall–Kier alpha value is -3.06. The highest BCUT2D eigenvalue weighted by Gasteiger charge is 2.40. The molecule has 2 aromatic rings. The molecule has 3 heterocycles. The van der Waals surface area contributed by atoms with E-state index in [1.165, 1.54) is 5.56 Å². The Morgan fingerprint density at radius 2 is 1.70 bits per heavy atom. The van der Waals surface area contributed by atoms with E-state index in [0.29, 0.717) is 32.1 Å². The number of urea groups is 1. The molecule has 1 N–H and O–H groups in total. The maximum Gasteiger partial charge on any atom is 0.320 e. The smallest absolute Gasteiger partial charge is 0.320 e. The van der Waals surface area contributed by atoms with Crippen LogP contribution in [-0.4, -0.2) is 66.7 Å². The first kappa shape index (κ1) is 18.9. The zero-order chi connectivity index (χ0) is 20.5. The van der Waals surface area contributed by atoms with Crippen molar-refractivity contribution in [1.29, 1.82) is 0 Å². The Labute approximate surface area is 175 Å². The molecule has 3 aliphatic rings. The highest BCUT2D eigenvalue weighted by atomic mass is 16.5. The van der Waals surface area contributed by atoms with E-state index in [4.69, 9.17) is 9.47 Å². The Kier molecular flexibility index (Phi) is 5.04. The third-order valence-electron chi connectivity index (χ3n) is 6.08. The van der Waals surface area contributed by atoms with Crippen molar-refractivity contribution in [2.24, 2.45) is 0 Å². The van der Waals surface area contributed by atoms with Crippen molar-refractivity contribution >= 4 is 11.9 Å². The topological polar surface area (TPSA) is 71.1 Å². The molecule has 0 aromatic heterocycles. The molecule has 0 saturated carbocycles. The van der Waals surface area contributed by atoms with Crippen LogP contribution in [0.2, 0.25) is 0 Å². The summed E-state index contributed by atoms with van der Waals surface area (Å²) >= 11 is 0. The van der Waals surface area contributed by atoms with Crippen LogP contribution in [0.4, 0.5) is 4.79 Å². The molecule has 2 atom stereocenters. The van der Waals surface area contributed by atoms with Crippen molar-refractivity contribution in [2.75, 3.05) is 32.8 Å². The van der Waals surface area contributed by atoms with Crippen LogP contribution in [0.25, 0.3) is 0 Å². The van der Waals surface area contributed by atoms with Crippen LogP contribution in [0.15, 0.2) is 54.6 Å². The van der Waals surface area contributed by atoms with Crippen molar-refractivity contribution in [3.8, 4) is 11.5 Å². The number of likely N-dealkylation sites (tertiary alicyclic amines) is 2. The molecule has 0 spiro atoms. The summed E-state index contributed by atoms with van der Waals surface area (Å²) in [4.78, 5) is 28.1. The Balaban J connectivity index is 1.13. The highest BCUT2D eigenvalue weighted by Crippen LogP contribution is 2.31. The lowest BCUT2D eigenvalue weighted by Gasteiger charge is -2.46. The summed E-state index contributed by atoms with van der Waals surface area (Å²) in [6, 6.07) is 17.8. The lowest BCUT2D eigenvalue weighted by Crippen LogP contribution is -2.63. The zero-order valence-corrected chi connectivity index (χ0v) is 16.7. The van der Waals surface area contributed by atoms with E-state index in [0.717, 1.165) is 17.9 Å². The first-order chi connectivity index (χ1) is 14.7. The van der Waals surface area contributed by atoms with E-state index < -0.39 is 0 Å². The van der Waals surface area contributed by atoms with Gasteiger partial charge >= 0.3 is 6.03 Å². The normalized spacial score (nSPS) is 23.9. The fourth-order valence-electron chi connectivity index (χ4n) is 4.35. The fraction of sp³-hybridized carbons (Fsp3) is 0.391. The van der Waals surface area contributed by atoms with Gasteiger partial charge in [0.05, 0.1) is 12.1 Å². The number of carbonyl (C=O) groups excluding carboxylic acids is 2. The first-order valence-electron chi connectivity index (χ1n) is 10.4. The minimum Gasteiger partial charge on any atom is -0.457 e. The number of carbonyl (C=O) groups is 2. The Morgan fingerprint density at radius 1 is 0.967 bits per heavy atom. The number of nitrogens with one attached hydrogen (secondary N) is 1. The van der Waals surface area contributed by atoms with Crippen molar-refractivity contribution in [1.82, 2.24) is 15.1 Å². The van der Waals surface area contributed by atoms with Gasteiger partial charge in [-0.05, 0) is 36.2 Å². The number of piperidine rings is 1. The molecule has 3 aliphatic heterocycles. The van der Waals surface area contributed by atoms with Gasteiger partial charge in [0.1, 0.15) is 18.1 Å². The van der Waals surface area contributed by atoms with Gasteiger partial charge in [0.25, 0.3) is 0 Å². The lowest BCUT2D eigenvalue weighted by molar-refractivity contribution is -0.139. The van der Waals surface area contributed by atoms with Gasteiger partial charge in [-0.25, -0.2) is 4.79 Å². The van der Waals surface area contributed by atoms with Gasteiger partial charge in [-0.2, -0.15) is 0 Å². The summed E-state index contributed by atoms with van der Waals surface area (Å²) in [6.45, 7) is 2.74. The number of fused-ring (bicyclic) bond motifs is 1. The van der Waals surface area contributed by atoms with E-state index in [1.54, 1.807) is 0 Å². The number of amides is 3. The van der Waals surface area contributed by atoms with Gasteiger partial charge in [-0.3, -0.25) is 4.79 Å². The summed E-state index contributed by atoms with van der Waals surface area (Å²) in [5.41, 5.74) is 1.21. The molecule has 0 bridgehead atoms. The number of benzene rings is 2. The molecular weight excluding hydrogens is 382 g/mol. The second-order valence-corrected chi connectivity index (χ2v) is 8.13. The lowest BCUT2D eigenvalue weighted by atomic mass is 9.91. The molecule has 2 aromatic carbocycles. The number of rotatable bonds is 3. The van der Waals surface area contributed by atoms with E-state index in [2.05, 4.69) is 17.4 Å². The summed E-state index contributed by atoms with van der Waals surface area (Å²) in [5.74, 6) is 1.86. The molecule has 2 unspecified atom stereocenters. The second kappa shape index (κ2) is 7.99. The van der Waals surface area contributed by atoms with Crippen LogP contribution in [0.5, 0.6) is 11.5 Å². The summed E-state index contributed by atoms with van der Waals surface area (Å²) in [5, 5.41) is 2.95. The van der Waals surface area contributed by atoms with Gasteiger partial charge in [0.2, 0.25) is 5.91 Å². The van der Waals surface area contributed by atoms with Crippen LogP contribution in [0, 0.1) is 0 Å². The van der Waals surface area contributed by atoms with Gasteiger partial charge in [0, 0.05) is 32.1 Å². The third kappa shape index (κ3) is 3.85. The van der Waals surface area contributed by atoms with E-state index in [9.17, 15) is 9.59 Å². The monoisotopic (exact) mass is 407 g/mol. The summed E-state index contributed by atoms with van der Waals surface area (Å²) in [7, 11) is 0. The number of hydrogen-bond acceptors (Lipinski definition) is 4. The van der Waals surface area contributed by atoms with Crippen molar-refractivity contribution in [2.45, 2.75) is 24.5 Å². The second-order valence-electron chi connectivity index (χ2n) is 8.13. The quantitative estimate of drug-likeness (QED) is 0.849. The van der Waals surface area contributed by atoms with Crippen LogP contribution >= 0.6 is 0 Å². The maximum atomic E-state index is 12.8. The molecule has 3 amide bonds. The molecule has 3 fully saturated rings. The first-order valence-corrected chi connectivity index (χ1v) is 10.4. The van der Waals surface area contributed by atoms with Gasteiger partial charge in [-0.15, -0.1) is 0 Å². The fourth-order valence-corrected chi connectivity index (χ4v) is 4.35. The van der Waals surface area contributed by atoms with E-state index in [-0.39, 0.29) is 30.7 Å². The Morgan fingerprint density at radius 3 is 2.47 bits per heavy atom. The van der Waals surface area contributed by atoms with Gasteiger partial charge in [0.15, 0.2) is 0 Å². The molecule has 0 aliphatic carbocycles. The highest BCUT2D eigenvalue weighted by molar-refractivity contribution is 5.79. The van der Waals surface area contributed by atoms with Crippen molar-refractivity contribution in [3.05, 3.63) is 60.2 Å². The minimum absolute atomic E-state index is 0.0208. The number of ether oxygens (including phenoxy) is 2. The van der Waals surface area contributed by atoms with Gasteiger partial charge < -0.3 is 24.6 Å². The maximum absolute atomic E-state index is 12.8. The average Bonchev–Trinajstić information content (AvgIpc) is 2.74. The van der Waals surface area contributed by atoms with Gasteiger partial charge in [-0.1, -0.05) is 30.3 Å². The van der Waals surface area contributed by atoms with Crippen molar-refractivity contribution in [3.63, 3.8) is 0 Å². The zero-order valence-electron chi connectivity index (χ0n) is 16.7. The molecule has 156 valence electrons. The van der Waals surface area contributed by atoms with E-state index >= 15 is 0 Å². The molecule has 0 radical (unpaired) electrons. The van der Waals surface area contributed by atoms with Crippen LogP contribution in [0.1, 0.15) is 17.9 Å². The van der Waals surface area contributed by atoms with Crippen molar-refractivity contribution < 1.29 is 19.1 Å².